The fraction of sp³-hybridized carbons (Fsp3) is 0. The lowest BCUT2D eigenvalue weighted by molar-refractivity contribution is 0.0859. The van der Waals surface area contributed by atoms with Crippen molar-refractivity contribution in [3.05, 3.63) is 35.4 Å². The molecule has 0 spiro atoms. The highest BCUT2D eigenvalue weighted by molar-refractivity contribution is 6.21. The molecule has 4 heteroatoms. The molecule has 0 atom stereocenters. The molecular weight excluding hydrogens is 154 g/mol. The van der Waals surface area contributed by atoms with Crippen molar-refractivity contribution in [2.45, 2.75) is 0 Å². The number of nitrogens with two attached hydrogens (primary N) is 1. The molecule has 0 unspecified atom stereocenters. The van der Waals surface area contributed by atoms with Crippen LogP contribution in [0.4, 0.5) is 0 Å². The van der Waals surface area contributed by atoms with E-state index < -0.39 is 0 Å². The Bertz CT molecular complexity index is 337. The first-order valence-electron chi connectivity index (χ1n) is 3.49. The Morgan fingerprint density at radius 2 is 1.83 bits per heavy atom. The van der Waals surface area contributed by atoms with Crippen LogP contribution in [0.2, 0.25) is 0 Å². The van der Waals surface area contributed by atoms with Gasteiger partial charge in [0, 0.05) is 5.56 Å². The second-order valence-electron chi connectivity index (χ2n) is 2.57. The molecule has 0 aromatic heterocycles. The number of amides is 1. The third-order valence-electron chi connectivity index (χ3n) is 1.87. The number of nitrogens with one attached hydrogen (secondary N) is 1. The third-order valence-corrected chi connectivity index (χ3v) is 1.87. The van der Waals surface area contributed by atoms with E-state index in [1.165, 1.54) is 0 Å². The van der Waals surface area contributed by atoms with Crippen molar-refractivity contribution < 1.29 is 4.79 Å². The van der Waals surface area contributed by atoms with Crippen LogP contribution in [0, 0.1) is 5.41 Å². The molecule has 1 heterocycles. The van der Waals surface area contributed by atoms with E-state index in [1.807, 2.05) is 0 Å². The van der Waals surface area contributed by atoms with Gasteiger partial charge in [0.25, 0.3) is 5.91 Å². The standard InChI is InChI=1S/C8H7N3O/c9-7-5-3-1-2-4-6(5)8(12)11(7)10/h1-4,9H,10H2. The lowest BCUT2D eigenvalue weighted by Crippen LogP contribution is -2.36. The van der Waals surface area contributed by atoms with Crippen LogP contribution in [0.15, 0.2) is 24.3 Å². The second-order valence-corrected chi connectivity index (χ2v) is 2.57. The molecule has 0 saturated carbocycles. The topological polar surface area (TPSA) is 70.2 Å². The Morgan fingerprint density at radius 1 is 1.25 bits per heavy atom. The molecule has 1 aromatic rings. The lowest BCUT2D eigenvalue weighted by Gasteiger charge is -2.05. The molecule has 3 N–H and O–H groups in total. The summed E-state index contributed by atoms with van der Waals surface area (Å²) < 4.78 is 0. The molecule has 1 aliphatic heterocycles. The van der Waals surface area contributed by atoms with Crippen LogP contribution >= 0.6 is 0 Å². The number of fused-ring (bicyclic) bond motifs is 1. The molecule has 0 bridgehead atoms. The van der Waals surface area contributed by atoms with Crippen LogP contribution in [-0.4, -0.2) is 16.8 Å². The summed E-state index contributed by atoms with van der Waals surface area (Å²) >= 11 is 0. The average Bonchev–Trinajstić information content (AvgIpc) is 2.33. The smallest absolute Gasteiger partial charge is 0.274 e. The Hall–Kier alpha value is -1.68. The summed E-state index contributed by atoms with van der Waals surface area (Å²) in [5, 5.41) is 8.30. The molecule has 60 valence electrons. The largest absolute Gasteiger partial charge is 0.283 e. The van der Waals surface area contributed by atoms with Gasteiger partial charge >= 0.3 is 0 Å². The van der Waals surface area contributed by atoms with Crippen molar-refractivity contribution in [1.29, 1.82) is 5.41 Å². The highest BCUT2D eigenvalue weighted by Crippen LogP contribution is 2.18. The van der Waals surface area contributed by atoms with Gasteiger partial charge in [0.1, 0.15) is 0 Å². The number of nitrogens with zero attached hydrogens (tertiary/aromatic N) is 1. The quantitative estimate of drug-likeness (QED) is 0.425. The zero-order chi connectivity index (χ0) is 8.72. The minimum Gasteiger partial charge on any atom is -0.283 e. The Labute approximate surface area is 69.1 Å². The molecule has 1 aliphatic rings. The van der Waals surface area contributed by atoms with Gasteiger partial charge in [-0.2, -0.15) is 0 Å². The number of benzene rings is 1. The van der Waals surface area contributed by atoms with Gasteiger partial charge in [-0.05, 0) is 6.07 Å². The number of amidine groups is 1. The van der Waals surface area contributed by atoms with E-state index in [2.05, 4.69) is 0 Å². The number of hydrogen-bond donors (Lipinski definition) is 2. The molecule has 2 rings (SSSR count). The van der Waals surface area contributed by atoms with Crippen molar-refractivity contribution in [3.63, 3.8) is 0 Å². The molecule has 1 amide bonds. The van der Waals surface area contributed by atoms with Crippen LogP contribution in [0.5, 0.6) is 0 Å². The monoisotopic (exact) mass is 161 g/mol. The predicted molar refractivity (Wildman–Crippen MR) is 43.6 cm³/mol. The summed E-state index contributed by atoms with van der Waals surface area (Å²) in [4.78, 5) is 11.3. The molecule has 4 nitrogen and oxygen atoms in total. The van der Waals surface area contributed by atoms with E-state index in [0.717, 1.165) is 5.01 Å². The lowest BCUT2D eigenvalue weighted by atomic mass is 10.1. The number of carbonyl (C=O) groups excluding carboxylic acids is 1. The first-order chi connectivity index (χ1) is 5.72. The fourth-order valence-electron chi connectivity index (χ4n) is 1.24. The van der Waals surface area contributed by atoms with Crippen molar-refractivity contribution in [3.8, 4) is 0 Å². The molecule has 0 radical (unpaired) electrons. The van der Waals surface area contributed by atoms with Crippen molar-refractivity contribution in [2.75, 3.05) is 0 Å². The Morgan fingerprint density at radius 3 is 2.42 bits per heavy atom. The summed E-state index contributed by atoms with van der Waals surface area (Å²) in [7, 11) is 0. The summed E-state index contributed by atoms with van der Waals surface area (Å²) in [5.74, 6) is 5.09. The molecule has 0 fully saturated rings. The van der Waals surface area contributed by atoms with Crippen molar-refractivity contribution in [1.82, 2.24) is 5.01 Å². The number of carbonyl (C=O) groups is 1. The predicted octanol–water partition coefficient (Wildman–Crippen LogP) is 0.341. The zero-order valence-corrected chi connectivity index (χ0v) is 6.24. The zero-order valence-electron chi connectivity index (χ0n) is 6.24. The average molecular weight is 161 g/mol. The van der Waals surface area contributed by atoms with Crippen molar-refractivity contribution in [2.24, 2.45) is 5.84 Å². The molecule has 0 saturated heterocycles. The van der Waals surface area contributed by atoms with Gasteiger partial charge < -0.3 is 0 Å². The minimum atomic E-state index is -0.310. The van der Waals surface area contributed by atoms with Crippen LogP contribution < -0.4 is 5.84 Å². The van der Waals surface area contributed by atoms with Crippen molar-refractivity contribution >= 4 is 11.7 Å². The second kappa shape index (κ2) is 2.15. The van der Waals surface area contributed by atoms with Gasteiger partial charge in [-0.3, -0.25) is 10.2 Å². The summed E-state index contributed by atoms with van der Waals surface area (Å²) in [5.41, 5.74) is 1.11. The van der Waals surface area contributed by atoms with E-state index in [1.54, 1.807) is 24.3 Å². The molecular formula is C8H7N3O. The number of hydrazine groups is 1. The highest BCUT2D eigenvalue weighted by Gasteiger charge is 2.29. The van der Waals surface area contributed by atoms with Crippen LogP contribution in [-0.2, 0) is 0 Å². The molecule has 1 aromatic carbocycles. The SMILES string of the molecule is N=C1c2ccccc2C(=O)N1N. The first kappa shape index (κ1) is 7.00. The first-order valence-corrected chi connectivity index (χ1v) is 3.49. The maximum atomic E-state index is 11.3. The third kappa shape index (κ3) is 0.695. The maximum absolute atomic E-state index is 11.3. The summed E-state index contributed by atoms with van der Waals surface area (Å²) in [6, 6.07) is 6.91. The highest BCUT2D eigenvalue weighted by atomic mass is 16.2. The Kier molecular flexibility index (Phi) is 1.25. The van der Waals surface area contributed by atoms with Gasteiger partial charge in [0.05, 0.1) is 5.56 Å². The minimum absolute atomic E-state index is 0.0654. The van der Waals surface area contributed by atoms with Gasteiger partial charge in [-0.25, -0.2) is 10.9 Å². The normalized spacial score (nSPS) is 15.2. The Balaban J connectivity index is 2.67. The summed E-state index contributed by atoms with van der Waals surface area (Å²) in [6.07, 6.45) is 0. The molecule has 0 aliphatic carbocycles. The van der Waals surface area contributed by atoms with E-state index in [-0.39, 0.29) is 11.7 Å². The van der Waals surface area contributed by atoms with E-state index >= 15 is 0 Å². The van der Waals surface area contributed by atoms with Crippen LogP contribution in [0.25, 0.3) is 0 Å². The van der Waals surface area contributed by atoms with Crippen LogP contribution in [0.3, 0.4) is 0 Å². The van der Waals surface area contributed by atoms with Crippen LogP contribution in [0.1, 0.15) is 15.9 Å². The van der Waals surface area contributed by atoms with Gasteiger partial charge in [0.2, 0.25) is 0 Å². The number of hydrogen-bond acceptors (Lipinski definition) is 3. The van der Waals surface area contributed by atoms with Gasteiger partial charge in [0.15, 0.2) is 5.84 Å². The van der Waals surface area contributed by atoms with E-state index in [9.17, 15) is 4.79 Å². The van der Waals surface area contributed by atoms with Gasteiger partial charge in [-0.15, -0.1) is 0 Å². The maximum Gasteiger partial charge on any atom is 0.274 e. The van der Waals surface area contributed by atoms with Gasteiger partial charge in [-0.1, -0.05) is 18.2 Å². The van der Waals surface area contributed by atoms with E-state index in [4.69, 9.17) is 11.3 Å². The number of rotatable bonds is 0. The summed E-state index contributed by atoms with van der Waals surface area (Å²) in [6.45, 7) is 0. The molecule has 12 heavy (non-hydrogen) atoms. The van der Waals surface area contributed by atoms with E-state index in [0.29, 0.717) is 11.1 Å². The fourth-order valence-corrected chi connectivity index (χ4v) is 1.24.